The van der Waals surface area contributed by atoms with E-state index in [2.05, 4.69) is 9.68 Å². The third kappa shape index (κ3) is 1.51. The van der Waals surface area contributed by atoms with Gasteiger partial charge in [-0.1, -0.05) is 5.16 Å². The first-order valence-corrected chi connectivity index (χ1v) is 4.42. The molecule has 15 heavy (non-hydrogen) atoms. The Morgan fingerprint density at radius 3 is 2.73 bits per heavy atom. The summed E-state index contributed by atoms with van der Waals surface area (Å²) in [5, 5.41) is 3.47. The summed E-state index contributed by atoms with van der Waals surface area (Å²) < 4.78 is 4.56. The molecular weight excluding hydrogens is 200 g/mol. The first-order valence-electron chi connectivity index (χ1n) is 4.42. The van der Waals surface area contributed by atoms with Crippen LogP contribution in [0.3, 0.4) is 0 Å². The molecule has 1 unspecified atom stereocenters. The highest BCUT2D eigenvalue weighted by molar-refractivity contribution is 5.97. The van der Waals surface area contributed by atoms with Gasteiger partial charge in [0.15, 0.2) is 5.69 Å². The second-order valence-electron chi connectivity index (χ2n) is 3.32. The number of hydrogen-bond donors (Lipinski definition) is 2. The molecule has 1 aromatic heterocycles. The van der Waals surface area contributed by atoms with Crippen molar-refractivity contribution in [1.82, 2.24) is 10.1 Å². The largest absolute Gasteiger partial charge is 0.368 e. The number of rotatable bonds is 2. The maximum Gasteiger partial charge on any atom is 0.276 e. The van der Waals surface area contributed by atoms with Crippen LogP contribution >= 0.6 is 0 Å². The first-order chi connectivity index (χ1) is 7.09. The zero-order chi connectivity index (χ0) is 11.0. The first kappa shape index (κ1) is 9.50. The molecule has 2 amide bonds. The van der Waals surface area contributed by atoms with Gasteiger partial charge in [-0.3, -0.25) is 9.59 Å². The number of primary amides is 1. The van der Waals surface area contributed by atoms with E-state index in [1.165, 1.54) is 11.0 Å². The summed E-state index contributed by atoms with van der Waals surface area (Å²) in [5.41, 5.74) is 10.5. The number of carbonyl (C=O) groups is 2. The topological polar surface area (TPSA) is 115 Å². The maximum atomic E-state index is 11.7. The van der Waals surface area contributed by atoms with E-state index < -0.39 is 11.9 Å². The summed E-state index contributed by atoms with van der Waals surface area (Å²) in [7, 11) is 0. The van der Waals surface area contributed by atoms with Crippen LogP contribution in [0.5, 0.6) is 0 Å². The van der Waals surface area contributed by atoms with Crippen molar-refractivity contribution in [1.29, 1.82) is 0 Å². The van der Waals surface area contributed by atoms with E-state index in [1.54, 1.807) is 0 Å². The molecule has 0 radical (unpaired) electrons. The Morgan fingerprint density at radius 2 is 2.33 bits per heavy atom. The molecule has 0 aliphatic carbocycles. The zero-order valence-electron chi connectivity index (χ0n) is 7.84. The van der Waals surface area contributed by atoms with Crippen molar-refractivity contribution in [2.45, 2.75) is 12.5 Å². The van der Waals surface area contributed by atoms with Gasteiger partial charge < -0.3 is 20.9 Å². The minimum Gasteiger partial charge on any atom is -0.368 e. The van der Waals surface area contributed by atoms with Gasteiger partial charge in [-0.05, 0) is 6.42 Å². The summed E-state index contributed by atoms with van der Waals surface area (Å²) in [4.78, 5) is 23.9. The molecule has 1 aliphatic rings. The van der Waals surface area contributed by atoms with Crippen molar-refractivity contribution >= 4 is 17.7 Å². The van der Waals surface area contributed by atoms with Crippen LogP contribution in [0.15, 0.2) is 10.6 Å². The molecule has 4 N–H and O–H groups in total. The second-order valence-corrected chi connectivity index (χ2v) is 3.32. The van der Waals surface area contributed by atoms with Crippen LogP contribution in [-0.2, 0) is 4.79 Å². The van der Waals surface area contributed by atoms with Crippen LogP contribution in [-0.4, -0.2) is 34.5 Å². The number of likely N-dealkylation sites (tertiary alicyclic amines) is 1. The Hall–Kier alpha value is -2.05. The lowest BCUT2D eigenvalue weighted by Crippen LogP contribution is -2.57. The number of nitrogen functional groups attached to an aromatic ring is 1. The Bertz CT molecular complexity index is 414. The molecule has 0 saturated carbocycles. The van der Waals surface area contributed by atoms with E-state index in [0.717, 1.165) is 0 Å². The predicted octanol–water partition coefficient (Wildman–Crippen LogP) is -1.04. The average Bonchev–Trinajstić information content (AvgIpc) is 2.48. The van der Waals surface area contributed by atoms with Gasteiger partial charge in [0.2, 0.25) is 11.8 Å². The molecule has 1 atom stereocenters. The van der Waals surface area contributed by atoms with E-state index in [1.807, 2.05) is 0 Å². The molecule has 7 nitrogen and oxygen atoms in total. The van der Waals surface area contributed by atoms with Crippen molar-refractivity contribution in [3.63, 3.8) is 0 Å². The molecule has 1 fully saturated rings. The predicted molar refractivity (Wildman–Crippen MR) is 49.6 cm³/mol. The minimum atomic E-state index is -0.532. The van der Waals surface area contributed by atoms with Crippen LogP contribution in [0.2, 0.25) is 0 Å². The summed E-state index contributed by atoms with van der Waals surface area (Å²) in [5.74, 6) is -0.828. The van der Waals surface area contributed by atoms with Gasteiger partial charge in [-0.15, -0.1) is 0 Å². The van der Waals surface area contributed by atoms with Gasteiger partial charge in [0, 0.05) is 12.6 Å². The lowest BCUT2D eigenvalue weighted by molar-refractivity contribution is -0.125. The van der Waals surface area contributed by atoms with Crippen molar-refractivity contribution in [2.75, 3.05) is 12.3 Å². The van der Waals surface area contributed by atoms with Crippen molar-refractivity contribution in [3.05, 3.63) is 11.8 Å². The monoisotopic (exact) mass is 210 g/mol. The highest BCUT2D eigenvalue weighted by Gasteiger charge is 2.37. The normalized spacial score (nSPS) is 19.7. The van der Waals surface area contributed by atoms with Crippen molar-refractivity contribution in [3.8, 4) is 0 Å². The van der Waals surface area contributed by atoms with Gasteiger partial charge >= 0.3 is 0 Å². The summed E-state index contributed by atoms with van der Waals surface area (Å²) >= 11 is 0. The van der Waals surface area contributed by atoms with Crippen molar-refractivity contribution < 1.29 is 14.1 Å². The Kier molecular flexibility index (Phi) is 2.07. The highest BCUT2D eigenvalue weighted by Crippen LogP contribution is 2.20. The van der Waals surface area contributed by atoms with Crippen LogP contribution < -0.4 is 11.5 Å². The number of nitrogens with two attached hydrogens (primary N) is 2. The quantitative estimate of drug-likeness (QED) is 0.646. The molecule has 1 saturated heterocycles. The molecule has 0 bridgehead atoms. The van der Waals surface area contributed by atoms with Crippen LogP contribution in [0.4, 0.5) is 5.88 Å². The number of carbonyl (C=O) groups excluding carboxylic acids is 2. The molecule has 0 aromatic carbocycles. The van der Waals surface area contributed by atoms with Gasteiger partial charge in [0.05, 0.1) is 0 Å². The molecule has 80 valence electrons. The number of hydrogen-bond acceptors (Lipinski definition) is 5. The van der Waals surface area contributed by atoms with Crippen LogP contribution in [0.25, 0.3) is 0 Å². The molecule has 1 aromatic rings. The number of anilines is 1. The van der Waals surface area contributed by atoms with E-state index in [0.29, 0.717) is 13.0 Å². The lowest BCUT2D eigenvalue weighted by atomic mass is 10.0. The Balaban J connectivity index is 2.12. The molecule has 2 rings (SSSR count). The van der Waals surface area contributed by atoms with Gasteiger partial charge in [0.1, 0.15) is 6.04 Å². The standard InChI is InChI=1S/C8H10N4O3/c9-6-3-4(11-15-6)8(14)12-2-1-5(12)7(10)13/h3,5H,1-2,9H2,(H2,10,13). The van der Waals surface area contributed by atoms with Crippen LogP contribution in [0, 0.1) is 0 Å². The fourth-order valence-corrected chi connectivity index (χ4v) is 1.46. The maximum absolute atomic E-state index is 11.7. The smallest absolute Gasteiger partial charge is 0.276 e. The number of nitrogens with zero attached hydrogens (tertiary/aromatic N) is 2. The number of amides is 2. The third-order valence-corrected chi connectivity index (χ3v) is 2.36. The molecule has 1 aliphatic heterocycles. The van der Waals surface area contributed by atoms with Gasteiger partial charge in [-0.2, -0.15) is 0 Å². The SMILES string of the molecule is NC(=O)C1CCN1C(=O)c1cc(N)on1. The highest BCUT2D eigenvalue weighted by atomic mass is 16.5. The second kappa shape index (κ2) is 3.26. The van der Waals surface area contributed by atoms with Gasteiger partial charge in [-0.25, -0.2) is 0 Å². The third-order valence-electron chi connectivity index (χ3n) is 2.36. The summed E-state index contributed by atoms with van der Waals surface area (Å²) in [6.07, 6.45) is 0.592. The average molecular weight is 210 g/mol. The van der Waals surface area contributed by atoms with Crippen LogP contribution in [0.1, 0.15) is 16.9 Å². The zero-order valence-corrected chi connectivity index (χ0v) is 7.84. The van der Waals surface area contributed by atoms with E-state index in [-0.39, 0.29) is 17.5 Å². The number of aromatic nitrogens is 1. The fourth-order valence-electron chi connectivity index (χ4n) is 1.46. The Labute approximate surface area is 85.0 Å². The molecule has 7 heteroatoms. The summed E-state index contributed by atoms with van der Waals surface area (Å²) in [6.45, 7) is 0.499. The molecular formula is C8H10N4O3. The van der Waals surface area contributed by atoms with Gasteiger partial charge in [0.25, 0.3) is 5.91 Å². The lowest BCUT2D eigenvalue weighted by Gasteiger charge is -2.37. The minimum absolute atomic E-state index is 0.0644. The van der Waals surface area contributed by atoms with Crippen molar-refractivity contribution in [2.24, 2.45) is 5.73 Å². The Morgan fingerprint density at radius 1 is 1.60 bits per heavy atom. The van der Waals surface area contributed by atoms with E-state index in [9.17, 15) is 9.59 Å². The molecule has 2 heterocycles. The summed E-state index contributed by atoms with van der Waals surface area (Å²) in [6, 6.07) is 0.786. The molecule has 0 spiro atoms. The van der Waals surface area contributed by atoms with E-state index >= 15 is 0 Å². The fraction of sp³-hybridized carbons (Fsp3) is 0.375. The van der Waals surface area contributed by atoms with E-state index in [4.69, 9.17) is 11.5 Å².